The predicted octanol–water partition coefficient (Wildman–Crippen LogP) is 2.53. The van der Waals surface area contributed by atoms with E-state index in [4.69, 9.17) is 10.5 Å². The van der Waals surface area contributed by atoms with Crippen LogP contribution in [-0.4, -0.2) is 22.6 Å². The van der Waals surface area contributed by atoms with Crippen molar-refractivity contribution in [3.63, 3.8) is 0 Å². The maximum atomic E-state index is 12.0. The van der Waals surface area contributed by atoms with Gasteiger partial charge in [-0.2, -0.15) is 0 Å². The Kier molecular flexibility index (Phi) is 6.49. The third-order valence-electron chi connectivity index (χ3n) is 3.81. The summed E-state index contributed by atoms with van der Waals surface area (Å²) in [6.45, 7) is 3.78. The van der Waals surface area contributed by atoms with Gasteiger partial charge in [0.25, 0.3) is 0 Å². The summed E-state index contributed by atoms with van der Waals surface area (Å²) in [4.78, 5) is 23.8. The van der Waals surface area contributed by atoms with Gasteiger partial charge in [-0.1, -0.05) is 48.5 Å². The van der Waals surface area contributed by atoms with E-state index >= 15 is 0 Å². The van der Waals surface area contributed by atoms with E-state index < -0.39 is 11.7 Å². The first-order valence-corrected chi connectivity index (χ1v) is 8.34. The van der Waals surface area contributed by atoms with Crippen molar-refractivity contribution >= 4 is 11.9 Å². The van der Waals surface area contributed by atoms with E-state index in [-0.39, 0.29) is 12.4 Å². The molecule has 6 nitrogen and oxygen atoms in total. The lowest BCUT2D eigenvalue weighted by molar-refractivity contribution is 0.0488. The number of amides is 1. The summed E-state index contributed by atoms with van der Waals surface area (Å²) >= 11 is 0. The molecule has 2 aromatic carbocycles. The average molecular weight is 356 g/mol. The molecule has 0 radical (unpaired) electrons. The first kappa shape index (κ1) is 19.6. The largest absolute Gasteiger partial charge is 0.445 e. The molecule has 6 heteroatoms. The molecule has 0 aliphatic carbocycles. The highest BCUT2D eigenvalue weighted by molar-refractivity contribution is 6.01. The molecule has 0 bridgehead atoms. The van der Waals surface area contributed by atoms with Crippen LogP contribution in [0.3, 0.4) is 0 Å². The first-order chi connectivity index (χ1) is 12.3. The molecule has 0 atom stereocenters. The second kappa shape index (κ2) is 8.60. The van der Waals surface area contributed by atoms with Crippen molar-refractivity contribution in [3.8, 4) is 0 Å². The van der Waals surface area contributed by atoms with Gasteiger partial charge in [0.2, 0.25) is 0 Å². The van der Waals surface area contributed by atoms with Gasteiger partial charge in [0.05, 0.1) is 0 Å². The first-order valence-electron chi connectivity index (χ1n) is 8.34. The maximum absolute atomic E-state index is 12.0. The fraction of sp³-hybridized carbons (Fsp3) is 0.300. The smallest absolute Gasteiger partial charge is 0.407 e. The molecule has 0 fully saturated rings. The number of Topliss-reactive ketones (excluding diaryl/α,β-unsaturated/α-hetero) is 1. The van der Waals surface area contributed by atoms with Gasteiger partial charge in [0, 0.05) is 18.7 Å². The molecule has 0 heterocycles. The molecule has 26 heavy (non-hydrogen) atoms. The SMILES string of the molecule is CC(C)(O)C(=O)c1ccc(COC(=O)NCc2cccc(CN)c2)cc1. The molecule has 2 rings (SSSR count). The van der Waals surface area contributed by atoms with E-state index in [0.29, 0.717) is 18.7 Å². The third kappa shape index (κ3) is 5.68. The lowest BCUT2D eigenvalue weighted by Gasteiger charge is -2.15. The van der Waals surface area contributed by atoms with Gasteiger partial charge in [-0.25, -0.2) is 4.79 Å². The van der Waals surface area contributed by atoms with Crippen molar-refractivity contribution in [2.75, 3.05) is 0 Å². The number of ketones is 1. The van der Waals surface area contributed by atoms with Gasteiger partial charge in [0.15, 0.2) is 5.78 Å². The van der Waals surface area contributed by atoms with Gasteiger partial charge >= 0.3 is 6.09 Å². The van der Waals surface area contributed by atoms with Gasteiger partial charge in [-0.15, -0.1) is 0 Å². The minimum absolute atomic E-state index is 0.0889. The van der Waals surface area contributed by atoms with Crippen LogP contribution in [0.1, 0.15) is 40.9 Å². The van der Waals surface area contributed by atoms with E-state index in [0.717, 1.165) is 16.7 Å². The van der Waals surface area contributed by atoms with Crippen molar-refractivity contribution in [1.29, 1.82) is 0 Å². The molecule has 138 valence electrons. The van der Waals surface area contributed by atoms with Gasteiger partial charge in [0.1, 0.15) is 12.2 Å². The highest BCUT2D eigenvalue weighted by Crippen LogP contribution is 2.14. The van der Waals surface area contributed by atoms with Crippen LogP contribution in [-0.2, 0) is 24.4 Å². The molecule has 0 aliphatic rings. The van der Waals surface area contributed by atoms with Crippen molar-refractivity contribution in [2.45, 2.75) is 39.1 Å². The van der Waals surface area contributed by atoms with Gasteiger partial charge in [-0.3, -0.25) is 4.79 Å². The van der Waals surface area contributed by atoms with Crippen LogP contribution in [0.5, 0.6) is 0 Å². The van der Waals surface area contributed by atoms with E-state index in [2.05, 4.69) is 5.32 Å². The minimum atomic E-state index is -1.42. The lowest BCUT2D eigenvalue weighted by Crippen LogP contribution is -2.31. The number of nitrogens with one attached hydrogen (secondary N) is 1. The number of ether oxygens (including phenoxy) is 1. The molecule has 0 aromatic heterocycles. The summed E-state index contributed by atoms with van der Waals surface area (Å²) in [6.07, 6.45) is -0.528. The summed E-state index contributed by atoms with van der Waals surface area (Å²) in [7, 11) is 0. The monoisotopic (exact) mass is 356 g/mol. The second-order valence-electron chi connectivity index (χ2n) is 6.54. The number of aliphatic hydroxyl groups is 1. The van der Waals surface area contributed by atoms with Crippen LogP contribution in [0.25, 0.3) is 0 Å². The standard InChI is InChI=1S/C20H24N2O4/c1-20(2,25)18(23)17-8-6-14(7-9-17)13-26-19(24)22-12-16-5-3-4-15(10-16)11-21/h3-10,25H,11-13,21H2,1-2H3,(H,22,24). The summed E-state index contributed by atoms with van der Waals surface area (Å²) in [5.74, 6) is -0.359. The predicted molar refractivity (Wildman–Crippen MR) is 98.4 cm³/mol. The molecule has 4 N–H and O–H groups in total. The molecule has 2 aromatic rings. The molecular weight excluding hydrogens is 332 g/mol. The molecule has 1 amide bonds. The normalized spacial score (nSPS) is 11.1. The van der Waals surface area contributed by atoms with Crippen LogP contribution in [0.4, 0.5) is 4.79 Å². The Labute approximate surface area is 153 Å². The number of benzene rings is 2. The Hall–Kier alpha value is -2.70. The van der Waals surface area contributed by atoms with Crippen molar-refractivity contribution in [2.24, 2.45) is 5.73 Å². The van der Waals surface area contributed by atoms with Crippen LogP contribution in [0, 0.1) is 0 Å². The quantitative estimate of drug-likeness (QED) is 0.662. The number of carbonyl (C=O) groups excluding carboxylic acids is 2. The Balaban J connectivity index is 1.82. The van der Waals surface area contributed by atoms with Crippen LogP contribution >= 0.6 is 0 Å². The Morgan fingerprint density at radius 3 is 2.35 bits per heavy atom. The van der Waals surface area contributed by atoms with Gasteiger partial charge < -0.3 is 20.9 Å². The second-order valence-corrected chi connectivity index (χ2v) is 6.54. The van der Waals surface area contributed by atoms with Crippen molar-refractivity contribution < 1.29 is 19.4 Å². The average Bonchev–Trinajstić information content (AvgIpc) is 2.64. The van der Waals surface area contributed by atoms with E-state index in [1.54, 1.807) is 24.3 Å². The van der Waals surface area contributed by atoms with Gasteiger partial charge in [-0.05, 0) is 30.5 Å². The maximum Gasteiger partial charge on any atom is 0.407 e. The summed E-state index contributed by atoms with van der Waals surface area (Å²) < 4.78 is 5.16. The Bertz CT molecular complexity index is 764. The highest BCUT2D eigenvalue weighted by atomic mass is 16.5. The highest BCUT2D eigenvalue weighted by Gasteiger charge is 2.24. The zero-order chi connectivity index (χ0) is 19.2. The van der Waals surface area contributed by atoms with Crippen LogP contribution < -0.4 is 11.1 Å². The fourth-order valence-corrected chi connectivity index (χ4v) is 2.35. The number of hydrogen-bond donors (Lipinski definition) is 3. The zero-order valence-corrected chi connectivity index (χ0v) is 15.0. The van der Waals surface area contributed by atoms with E-state index in [9.17, 15) is 14.7 Å². The Morgan fingerprint density at radius 2 is 1.73 bits per heavy atom. The number of alkyl carbamates (subject to hydrolysis) is 1. The third-order valence-corrected chi connectivity index (χ3v) is 3.81. The van der Waals surface area contributed by atoms with E-state index in [1.807, 2.05) is 24.3 Å². The van der Waals surface area contributed by atoms with Crippen molar-refractivity contribution in [3.05, 3.63) is 70.8 Å². The zero-order valence-electron chi connectivity index (χ0n) is 15.0. The molecule has 0 unspecified atom stereocenters. The summed E-state index contributed by atoms with van der Waals surface area (Å²) in [5, 5.41) is 12.4. The minimum Gasteiger partial charge on any atom is -0.445 e. The summed E-state index contributed by atoms with van der Waals surface area (Å²) in [6, 6.07) is 14.2. The number of carbonyl (C=O) groups is 2. The van der Waals surface area contributed by atoms with E-state index in [1.165, 1.54) is 13.8 Å². The van der Waals surface area contributed by atoms with Crippen molar-refractivity contribution in [1.82, 2.24) is 5.32 Å². The molecule has 0 spiro atoms. The topological polar surface area (TPSA) is 102 Å². The molecule has 0 saturated carbocycles. The number of nitrogens with two attached hydrogens (primary N) is 1. The number of hydrogen-bond acceptors (Lipinski definition) is 5. The van der Waals surface area contributed by atoms with Crippen LogP contribution in [0.2, 0.25) is 0 Å². The molecular formula is C20H24N2O4. The summed E-state index contributed by atoms with van der Waals surface area (Å²) in [5.41, 5.74) is 7.27. The lowest BCUT2D eigenvalue weighted by atomic mass is 9.96. The molecule has 0 aliphatic heterocycles. The van der Waals surface area contributed by atoms with Crippen LogP contribution in [0.15, 0.2) is 48.5 Å². The molecule has 0 saturated heterocycles. The fourth-order valence-electron chi connectivity index (χ4n) is 2.35. The number of rotatable bonds is 7. The Morgan fingerprint density at radius 1 is 1.08 bits per heavy atom.